The number of nitrogens with zero attached hydrogens (tertiary/aromatic N) is 5. The van der Waals surface area contributed by atoms with Crippen LogP contribution in [-0.4, -0.2) is 38.3 Å². The summed E-state index contributed by atoms with van der Waals surface area (Å²) in [5.74, 6) is 0.892. The molecular weight excluding hydrogens is 498 g/mol. The average molecular weight is 530 g/mol. The molecule has 0 amide bonds. The van der Waals surface area contributed by atoms with E-state index in [-0.39, 0.29) is 22.5 Å². The van der Waals surface area contributed by atoms with Crippen molar-refractivity contribution in [1.29, 1.82) is 0 Å². The second kappa shape index (κ2) is 9.38. The average Bonchev–Trinajstić information content (AvgIpc) is 3.49. The fraction of sp³-hybridized carbons (Fsp3) is 0.345. The molecule has 0 radical (unpaired) electrons. The van der Waals surface area contributed by atoms with Crippen LogP contribution in [0.15, 0.2) is 79.3 Å². The van der Waals surface area contributed by atoms with Crippen molar-refractivity contribution in [2.45, 2.75) is 63.6 Å². The summed E-state index contributed by atoms with van der Waals surface area (Å²) < 4.78 is 11.7. The predicted octanol–water partition coefficient (Wildman–Crippen LogP) is 5.79. The predicted molar refractivity (Wildman–Crippen MR) is 151 cm³/mol. The number of rotatable bonds is 5. The lowest BCUT2D eigenvalue weighted by molar-refractivity contribution is 0.124. The van der Waals surface area contributed by atoms with E-state index in [0.717, 1.165) is 42.6 Å². The number of hydrogen-bond acceptors (Lipinski definition) is 4. The van der Waals surface area contributed by atoms with E-state index in [0.29, 0.717) is 0 Å². The van der Waals surface area contributed by atoms with Gasteiger partial charge in [-0.25, -0.2) is 9.97 Å². The minimum atomic E-state index is -2.57. The Bertz CT molecular complexity index is 1480. The van der Waals surface area contributed by atoms with Crippen LogP contribution in [0, 0.1) is 0 Å². The van der Waals surface area contributed by atoms with Crippen LogP contribution >= 0.6 is 11.6 Å². The van der Waals surface area contributed by atoms with Crippen molar-refractivity contribution >= 4 is 47.2 Å². The monoisotopic (exact) mass is 529 g/mol. The molecular formula is C29H32ClN5OSi. The first-order chi connectivity index (χ1) is 17.9. The summed E-state index contributed by atoms with van der Waals surface area (Å²) in [6.45, 7) is 7.03. The normalized spacial score (nSPS) is 19.0. The molecule has 0 atom stereocenters. The first-order valence-corrected chi connectivity index (χ1v) is 15.3. The summed E-state index contributed by atoms with van der Waals surface area (Å²) in [5, 5.41) is 2.90. The SMILES string of the molecule is CC(C)(C)[Si](O[C@H]1CC[C@H](n2c3nc(Cl)ncc3n3ccnc32)CC1)(c1ccccc1)c1ccccc1. The van der Waals surface area contributed by atoms with E-state index in [1.54, 1.807) is 6.20 Å². The molecule has 1 fully saturated rings. The Kier molecular flexibility index (Phi) is 6.17. The Morgan fingerprint density at radius 3 is 2.11 bits per heavy atom. The molecule has 190 valence electrons. The second-order valence-corrected chi connectivity index (χ2v) is 15.6. The van der Waals surface area contributed by atoms with Gasteiger partial charge in [0.2, 0.25) is 11.1 Å². The number of hydrogen-bond donors (Lipinski definition) is 0. The minimum absolute atomic E-state index is 0.0289. The maximum absolute atomic E-state index is 7.42. The second-order valence-electron chi connectivity index (χ2n) is 11.0. The van der Waals surface area contributed by atoms with Gasteiger partial charge < -0.3 is 4.43 Å². The van der Waals surface area contributed by atoms with Gasteiger partial charge in [-0.1, -0.05) is 81.4 Å². The molecule has 1 saturated carbocycles. The molecule has 0 aliphatic heterocycles. The van der Waals surface area contributed by atoms with Crippen molar-refractivity contribution in [2.75, 3.05) is 0 Å². The zero-order valence-corrected chi connectivity index (χ0v) is 23.3. The number of imidazole rings is 2. The van der Waals surface area contributed by atoms with Crippen LogP contribution in [0.1, 0.15) is 52.5 Å². The Labute approximate surface area is 223 Å². The lowest BCUT2D eigenvalue weighted by atomic mass is 9.93. The molecule has 1 aliphatic carbocycles. The first-order valence-electron chi connectivity index (χ1n) is 13.0. The van der Waals surface area contributed by atoms with Crippen LogP contribution in [0.4, 0.5) is 0 Å². The molecule has 5 aromatic rings. The Morgan fingerprint density at radius 1 is 0.892 bits per heavy atom. The highest BCUT2D eigenvalue weighted by Gasteiger charge is 2.51. The van der Waals surface area contributed by atoms with E-state index in [4.69, 9.17) is 16.0 Å². The Morgan fingerprint density at radius 2 is 1.51 bits per heavy atom. The molecule has 37 heavy (non-hydrogen) atoms. The van der Waals surface area contributed by atoms with E-state index in [1.807, 2.05) is 12.4 Å². The highest BCUT2D eigenvalue weighted by Crippen LogP contribution is 2.41. The van der Waals surface area contributed by atoms with Gasteiger partial charge in [-0.2, -0.15) is 4.98 Å². The summed E-state index contributed by atoms with van der Waals surface area (Å²) in [5.41, 5.74) is 1.78. The highest BCUT2D eigenvalue weighted by atomic mass is 35.5. The number of benzene rings is 2. The number of aromatic nitrogens is 5. The zero-order chi connectivity index (χ0) is 25.6. The smallest absolute Gasteiger partial charge is 0.261 e. The molecule has 6 nitrogen and oxygen atoms in total. The van der Waals surface area contributed by atoms with Crippen molar-refractivity contribution in [2.24, 2.45) is 0 Å². The molecule has 0 bridgehead atoms. The van der Waals surface area contributed by atoms with Gasteiger partial charge in [0.15, 0.2) is 5.65 Å². The van der Waals surface area contributed by atoms with Crippen LogP contribution in [0.25, 0.3) is 16.9 Å². The Hall–Kier alpha value is -3.00. The summed E-state index contributed by atoms with van der Waals surface area (Å²) in [7, 11) is -2.57. The molecule has 2 aromatic carbocycles. The third-order valence-corrected chi connectivity index (χ3v) is 13.1. The van der Waals surface area contributed by atoms with Gasteiger partial charge in [-0.15, -0.1) is 0 Å². The third kappa shape index (κ3) is 4.09. The maximum atomic E-state index is 7.42. The van der Waals surface area contributed by atoms with E-state index in [2.05, 4.69) is 105 Å². The molecule has 3 aromatic heterocycles. The van der Waals surface area contributed by atoms with Gasteiger partial charge >= 0.3 is 0 Å². The zero-order valence-electron chi connectivity index (χ0n) is 21.5. The minimum Gasteiger partial charge on any atom is -0.404 e. The Balaban J connectivity index is 1.33. The quantitative estimate of drug-likeness (QED) is 0.213. The van der Waals surface area contributed by atoms with Gasteiger partial charge in [-0.05, 0) is 52.7 Å². The molecule has 6 rings (SSSR count). The van der Waals surface area contributed by atoms with Crippen LogP contribution in [-0.2, 0) is 4.43 Å². The molecule has 0 saturated heterocycles. The summed E-state index contributed by atoms with van der Waals surface area (Å²) in [6.07, 6.45) is 9.74. The summed E-state index contributed by atoms with van der Waals surface area (Å²) >= 11 is 6.20. The maximum Gasteiger partial charge on any atom is 0.261 e. The van der Waals surface area contributed by atoms with Gasteiger partial charge in [0, 0.05) is 24.5 Å². The summed E-state index contributed by atoms with van der Waals surface area (Å²) in [6, 6.07) is 22.1. The van der Waals surface area contributed by atoms with Crippen molar-refractivity contribution in [3.05, 3.63) is 84.5 Å². The van der Waals surface area contributed by atoms with E-state index >= 15 is 0 Å². The summed E-state index contributed by atoms with van der Waals surface area (Å²) in [4.78, 5) is 13.4. The van der Waals surface area contributed by atoms with E-state index in [1.165, 1.54) is 10.4 Å². The topological polar surface area (TPSA) is 57.2 Å². The van der Waals surface area contributed by atoms with Gasteiger partial charge in [0.05, 0.1) is 6.20 Å². The fourth-order valence-electron chi connectivity index (χ4n) is 6.15. The van der Waals surface area contributed by atoms with Gasteiger partial charge in [0.1, 0.15) is 5.52 Å². The first kappa shape index (κ1) is 24.3. The molecule has 8 heteroatoms. The lowest BCUT2D eigenvalue weighted by Gasteiger charge is -2.46. The molecule has 3 heterocycles. The molecule has 0 spiro atoms. The lowest BCUT2D eigenvalue weighted by Crippen LogP contribution is -2.67. The molecule has 1 aliphatic rings. The van der Waals surface area contributed by atoms with Crippen molar-refractivity contribution in [1.82, 2.24) is 23.9 Å². The largest absolute Gasteiger partial charge is 0.404 e. The van der Waals surface area contributed by atoms with Crippen LogP contribution in [0.3, 0.4) is 0 Å². The van der Waals surface area contributed by atoms with Crippen LogP contribution in [0.5, 0.6) is 0 Å². The van der Waals surface area contributed by atoms with Crippen molar-refractivity contribution in [3.63, 3.8) is 0 Å². The fourth-order valence-corrected chi connectivity index (χ4v) is 11.0. The van der Waals surface area contributed by atoms with E-state index < -0.39 is 8.32 Å². The molecule has 0 unspecified atom stereocenters. The van der Waals surface area contributed by atoms with Crippen LogP contribution in [0.2, 0.25) is 10.3 Å². The molecule has 0 N–H and O–H groups in total. The van der Waals surface area contributed by atoms with Gasteiger partial charge in [0.25, 0.3) is 8.32 Å². The standard InChI is InChI=1S/C29H32ClN5OSi/c1-29(2,3)37(23-10-6-4-7-11-23,24-12-8-5-9-13-24)36-22-16-14-21(15-17-22)35-26-25(20-32-27(30)33-26)34-19-18-31-28(34)35/h4-13,18-22H,14-17H2,1-3H3/t21-,22-. The van der Waals surface area contributed by atoms with Crippen molar-refractivity contribution < 1.29 is 4.43 Å². The van der Waals surface area contributed by atoms with E-state index in [9.17, 15) is 0 Å². The highest BCUT2D eigenvalue weighted by molar-refractivity contribution is 6.99. The van der Waals surface area contributed by atoms with Crippen LogP contribution < -0.4 is 10.4 Å². The van der Waals surface area contributed by atoms with Gasteiger partial charge in [-0.3, -0.25) is 8.97 Å². The third-order valence-electron chi connectivity index (χ3n) is 7.81. The number of halogens is 1. The number of fused-ring (bicyclic) bond motifs is 3. The van der Waals surface area contributed by atoms with Crippen molar-refractivity contribution in [3.8, 4) is 0 Å².